The molecule has 2 N–H and O–H groups in total. The van der Waals surface area contributed by atoms with Gasteiger partial charge in [0.1, 0.15) is 4.88 Å². The second-order valence-electron chi connectivity index (χ2n) is 5.92. The first kappa shape index (κ1) is 19.6. The molecule has 0 spiro atoms. The third-order valence-electron chi connectivity index (χ3n) is 3.54. The van der Waals surface area contributed by atoms with Crippen LogP contribution in [0.1, 0.15) is 31.4 Å². The first-order chi connectivity index (χ1) is 12.3. The fraction of sp³-hybridized carbons (Fsp3) is 0.333. The quantitative estimate of drug-likeness (QED) is 0.755. The average Bonchev–Trinajstić information content (AvgIpc) is 3.00. The van der Waals surface area contributed by atoms with Crippen LogP contribution in [0.15, 0.2) is 18.3 Å². The summed E-state index contributed by atoms with van der Waals surface area (Å²) in [6.45, 7) is 6.92. The SMILES string of the molecule is Cc1cc(C)c(NC(=O)CNC(=O)COC(=O)c2cnc(C)s2)c(C)c1. The van der Waals surface area contributed by atoms with Crippen LogP contribution in [0.2, 0.25) is 0 Å². The molecule has 0 aliphatic rings. The Morgan fingerprint density at radius 3 is 2.31 bits per heavy atom. The van der Waals surface area contributed by atoms with Crippen molar-refractivity contribution in [1.29, 1.82) is 0 Å². The highest BCUT2D eigenvalue weighted by Gasteiger charge is 2.14. The lowest BCUT2D eigenvalue weighted by Gasteiger charge is -2.13. The van der Waals surface area contributed by atoms with E-state index in [2.05, 4.69) is 15.6 Å². The molecule has 2 amide bonds. The van der Waals surface area contributed by atoms with Crippen LogP contribution in [0.4, 0.5) is 5.69 Å². The molecule has 0 radical (unpaired) electrons. The van der Waals surface area contributed by atoms with Gasteiger partial charge in [-0.1, -0.05) is 17.7 Å². The molecule has 1 aromatic heterocycles. The average molecular weight is 375 g/mol. The summed E-state index contributed by atoms with van der Waals surface area (Å²) in [4.78, 5) is 39.8. The molecule has 0 fully saturated rings. The monoisotopic (exact) mass is 375 g/mol. The largest absolute Gasteiger partial charge is 0.451 e. The minimum atomic E-state index is -0.610. The molecule has 1 aromatic carbocycles. The number of rotatable bonds is 6. The number of benzene rings is 1. The maximum absolute atomic E-state index is 12.0. The normalized spacial score (nSPS) is 10.3. The van der Waals surface area contributed by atoms with Crippen LogP contribution in [-0.4, -0.2) is 35.9 Å². The standard InChI is InChI=1S/C18H21N3O4S/c1-10-5-11(2)17(12(3)6-10)21-15(22)8-20-16(23)9-25-18(24)14-7-19-13(4)26-14/h5-7H,8-9H2,1-4H3,(H,20,23)(H,21,22). The van der Waals surface area contributed by atoms with Crippen molar-refractivity contribution in [2.24, 2.45) is 0 Å². The molecule has 7 nitrogen and oxygen atoms in total. The number of carbonyl (C=O) groups is 3. The maximum atomic E-state index is 12.0. The smallest absolute Gasteiger partial charge is 0.350 e. The summed E-state index contributed by atoms with van der Waals surface area (Å²) >= 11 is 1.19. The molecule has 138 valence electrons. The van der Waals surface area contributed by atoms with E-state index in [1.165, 1.54) is 17.5 Å². The Balaban J connectivity index is 1.78. The van der Waals surface area contributed by atoms with Crippen molar-refractivity contribution in [1.82, 2.24) is 10.3 Å². The van der Waals surface area contributed by atoms with E-state index in [1.807, 2.05) is 32.9 Å². The van der Waals surface area contributed by atoms with Crippen LogP contribution in [0.25, 0.3) is 0 Å². The first-order valence-electron chi connectivity index (χ1n) is 8.00. The second-order valence-corrected chi connectivity index (χ2v) is 7.15. The van der Waals surface area contributed by atoms with Crippen molar-refractivity contribution in [3.05, 3.63) is 44.9 Å². The Morgan fingerprint density at radius 1 is 1.08 bits per heavy atom. The van der Waals surface area contributed by atoms with Crippen molar-refractivity contribution in [3.8, 4) is 0 Å². The fourth-order valence-corrected chi connectivity index (χ4v) is 3.12. The predicted molar refractivity (Wildman–Crippen MR) is 99.4 cm³/mol. The number of thiazole rings is 1. The highest BCUT2D eigenvalue weighted by Crippen LogP contribution is 2.21. The van der Waals surface area contributed by atoms with Gasteiger partial charge in [0, 0.05) is 5.69 Å². The molecule has 0 aliphatic carbocycles. The third kappa shape index (κ3) is 5.38. The third-order valence-corrected chi connectivity index (χ3v) is 4.44. The van der Waals surface area contributed by atoms with E-state index in [1.54, 1.807) is 6.92 Å². The lowest BCUT2D eigenvalue weighted by Crippen LogP contribution is -2.35. The van der Waals surface area contributed by atoms with Gasteiger partial charge in [-0.15, -0.1) is 11.3 Å². The summed E-state index contributed by atoms with van der Waals surface area (Å²) in [6.07, 6.45) is 1.40. The molecule has 0 atom stereocenters. The highest BCUT2D eigenvalue weighted by atomic mass is 32.1. The summed E-state index contributed by atoms with van der Waals surface area (Å²) in [7, 11) is 0. The van der Waals surface area contributed by atoms with Gasteiger partial charge in [-0.05, 0) is 38.8 Å². The van der Waals surface area contributed by atoms with Crippen molar-refractivity contribution in [2.45, 2.75) is 27.7 Å². The van der Waals surface area contributed by atoms with Gasteiger partial charge in [-0.2, -0.15) is 0 Å². The molecule has 2 aromatic rings. The van der Waals surface area contributed by atoms with Crippen LogP contribution >= 0.6 is 11.3 Å². The molecule has 0 saturated heterocycles. The van der Waals surface area contributed by atoms with Crippen LogP contribution in [0, 0.1) is 27.7 Å². The number of hydrogen-bond acceptors (Lipinski definition) is 6. The van der Waals surface area contributed by atoms with E-state index in [0.29, 0.717) is 4.88 Å². The zero-order valence-corrected chi connectivity index (χ0v) is 16.0. The number of nitrogens with one attached hydrogen (secondary N) is 2. The van der Waals surface area contributed by atoms with Gasteiger partial charge in [0.15, 0.2) is 6.61 Å². The number of anilines is 1. The maximum Gasteiger partial charge on any atom is 0.350 e. The van der Waals surface area contributed by atoms with Crippen molar-refractivity contribution in [2.75, 3.05) is 18.5 Å². The molecule has 0 bridgehead atoms. The highest BCUT2D eigenvalue weighted by molar-refractivity contribution is 7.13. The molecular formula is C18H21N3O4S. The summed E-state index contributed by atoms with van der Waals surface area (Å²) in [5.41, 5.74) is 3.76. The summed E-state index contributed by atoms with van der Waals surface area (Å²) in [5.74, 6) is -1.51. The van der Waals surface area contributed by atoms with Gasteiger partial charge in [-0.3, -0.25) is 9.59 Å². The van der Waals surface area contributed by atoms with Crippen LogP contribution in [-0.2, 0) is 14.3 Å². The van der Waals surface area contributed by atoms with Gasteiger partial charge in [0.25, 0.3) is 5.91 Å². The molecule has 26 heavy (non-hydrogen) atoms. The van der Waals surface area contributed by atoms with Crippen molar-refractivity contribution >= 4 is 34.8 Å². The molecule has 0 saturated carbocycles. The Labute approximate surface area is 155 Å². The lowest BCUT2D eigenvalue weighted by atomic mass is 10.1. The topological polar surface area (TPSA) is 97.4 Å². The van der Waals surface area contributed by atoms with Crippen LogP contribution in [0.3, 0.4) is 0 Å². The number of ether oxygens (including phenoxy) is 1. The van der Waals surface area contributed by atoms with Gasteiger partial charge in [-0.25, -0.2) is 9.78 Å². The number of nitrogens with zero attached hydrogens (tertiary/aromatic N) is 1. The second kappa shape index (κ2) is 8.57. The number of aryl methyl sites for hydroxylation is 4. The minimum Gasteiger partial charge on any atom is -0.451 e. The molecule has 1 heterocycles. The number of hydrogen-bond donors (Lipinski definition) is 2. The Bertz CT molecular complexity index is 822. The number of carbonyl (C=O) groups excluding carboxylic acids is 3. The zero-order chi connectivity index (χ0) is 19.3. The summed E-state index contributed by atoms with van der Waals surface area (Å²) in [5, 5.41) is 5.95. The Hall–Kier alpha value is -2.74. The lowest BCUT2D eigenvalue weighted by molar-refractivity contribution is -0.126. The van der Waals surface area contributed by atoms with Crippen molar-refractivity contribution in [3.63, 3.8) is 0 Å². The van der Waals surface area contributed by atoms with Gasteiger partial charge >= 0.3 is 5.97 Å². The molecule has 0 unspecified atom stereocenters. The van der Waals surface area contributed by atoms with Crippen molar-refractivity contribution < 1.29 is 19.1 Å². The molecule has 2 rings (SSSR count). The fourth-order valence-electron chi connectivity index (χ4n) is 2.45. The van der Waals surface area contributed by atoms with E-state index in [4.69, 9.17) is 4.74 Å². The Kier molecular flexibility index (Phi) is 6.46. The van der Waals surface area contributed by atoms with Gasteiger partial charge < -0.3 is 15.4 Å². The van der Waals surface area contributed by atoms with E-state index in [-0.39, 0.29) is 12.5 Å². The number of esters is 1. The van der Waals surface area contributed by atoms with Crippen LogP contribution < -0.4 is 10.6 Å². The summed E-state index contributed by atoms with van der Waals surface area (Å²) < 4.78 is 4.89. The number of aromatic nitrogens is 1. The van der Waals surface area contributed by atoms with E-state index >= 15 is 0 Å². The van der Waals surface area contributed by atoms with Gasteiger partial charge in [0.05, 0.1) is 17.7 Å². The molecular weight excluding hydrogens is 354 g/mol. The predicted octanol–water partition coefficient (Wildman–Crippen LogP) is 2.29. The zero-order valence-electron chi connectivity index (χ0n) is 15.1. The molecule has 0 aliphatic heterocycles. The van der Waals surface area contributed by atoms with E-state index in [9.17, 15) is 14.4 Å². The van der Waals surface area contributed by atoms with Crippen LogP contribution in [0.5, 0.6) is 0 Å². The van der Waals surface area contributed by atoms with Gasteiger partial charge in [0.2, 0.25) is 5.91 Å². The van der Waals surface area contributed by atoms with E-state index in [0.717, 1.165) is 27.4 Å². The number of amides is 2. The molecule has 8 heteroatoms. The summed E-state index contributed by atoms with van der Waals surface area (Å²) in [6, 6.07) is 3.95. The van der Waals surface area contributed by atoms with E-state index < -0.39 is 18.5 Å². The first-order valence-corrected chi connectivity index (χ1v) is 8.82. The Morgan fingerprint density at radius 2 is 1.73 bits per heavy atom. The minimum absolute atomic E-state index is 0.206.